The number of phenols is 2. The maximum Gasteiger partial charge on any atom is 0.305 e. The Labute approximate surface area is 781 Å². The molecule has 4 heterocycles. The van der Waals surface area contributed by atoms with Gasteiger partial charge in [0.2, 0.25) is 88.6 Å². The number of phenolic OH excluding ortho intramolecular Hbond substituents is 2. The maximum absolute atomic E-state index is 15.7. The minimum Gasteiger partial charge on any atom is -0.508 e. The Morgan fingerprint density at radius 1 is 0.533 bits per heavy atom. The standard InChI is InChI=1S/C93H117F3N16O22S/c1-9-10-21-71-92(132)111-33-16-22-70(111)86(126)105-67(44-78(119)120)85(125)107-80(51(4)5)93(133)109(7)72(41-52-17-12-11-13-18-52)87(127)101-63(31-32-77(117)118)90(130)112-34-35-134-47-74(112)88(128)104-66(43-56-45-98-62-20-15-14-19-59(56)62)84(124)103-65(39-53-23-27-57(113)28-24-53)83(123)102-64(36-50(2)3)82(122)106-69(81(121)99-46-75(97)115)48-135-49-76(116)100-68(40-55-37-60(94)79(96)61(95)38-55)89(129)110(8)73(91(131)108(71)6)42-54-25-29-58(114)30-26-54/h11-15,17-20,23-30,37-38,45,50-51,63-74,80,98,113-114H,9-10,16,21-22,31-36,39-44,46-49H2,1-8H3,(H2,97,115)(H,99,121)(H,100,116)(H,101,127)(H,102,123)(H,103,124)(H,104,128)(H,105,126)(H,106,122)(H,107,125)(H,117,118)(H,119,120)/t63-,64-,65-,66+,67-,68-,69-,70+,71-,72-,73-,74+,80+/m0/s1. The Bertz CT molecular complexity index is 5270. The summed E-state index contributed by atoms with van der Waals surface area (Å²) in [7, 11) is 3.60. The molecule has 15 amide bonds. The number of benzene rings is 5. The average Bonchev–Trinajstić information content (AvgIpc) is 1.76. The summed E-state index contributed by atoms with van der Waals surface area (Å²) < 4.78 is 50.9. The van der Waals surface area contributed by atoms with E-state index in [4.69, 9.17) is 10.5 Å². The molecule has 16 N–H and O–H groups in total. The Hall–Kier alpha value is -13.7. The third-order valence-corrected chi connectivity index (χ3v) is 24.7. The number of thioether (sulfide) groups is 1. The number of unbranched alkanes of at least 4 members (excludes halogenated alkanes) is 1. The number of primary amides is 1. The lowest BCUT2D eigenvalue weighted by Crippen LogP contribution is -2.64. The van der Waals surface area contributed by atoms with Crippen molar-refractivity contribution in [2.45, 2.75) is 203 Å². The molecule has 9 rings (SSSR count). The number of hydrogen-bond acceptors (Lipinski definition) is 21. The Morgan fingerprint density at radius 3 is 1.70 bits per heavy atom. The van der Waals surface area contributed by atoms with Crippen LogP contribution < -0.4 is 53.6 Å². The van der Waals surface area contributed by atoms with Gasteiger partial charge in [0.1, 0.15) is 90.0 Å². The Morgan fingerprint density at radius 2 is 1.07 bits per heavy atom. The minimum atomic E-state index is -1.99. The highest BCUT2D eigenvalue weighted by molar-refractivity contribution is 8.00. The number of nitrogens with zero attached hydrogens (tertiary/aromatic N) is 5. The lowest BCUT2D eigenvalue weighted by atomic mass is 9.98. The monoisotopic (exact) mass is 1900 g/mol. The van der Waals surface area contributed by atoms with Gasteiger partial charge in [-0.3, -0.25) is 81.5 Å². The number of ether oxygens (including phenoxy) is 1. The quantitative estimate of drug-likeness (QED) is 0.0383. The number of carboxylic acid groups (broad SMARTS) is 2. The molecular weight excluding hydrogens is 1780 g/mol. The van der Waals surface area contributed by atoms with Crippen LogP contribution in [0.3, 0.4) is 0 Å². The number of carboxylic acids is 2. The molecule has 0 saturated carbocycles. The SMILES string of the molecule is CCCC[C@H]1C(=O)N2CCC[C@@H]2C(=O)N[C@@H](CC(=O)O)C(=O)N[C@H](C(C)C)C(=O)N(C)[C@@H](Cc2ccccc2)C(=O)N[C@@H](CCC(=O)O)C(=O)N2CCOC[C@@H]2C(=O)N[C@H](Cc2c[nH]c3ccccc23)C(=O)N[C@@H](Cc2ccc(O)cc2)C(=O)N[C@@H](CC(C)C)C(=O)N[C@H](C(=O)NCC(N)=O)CSCC(=O)N[C@@H](Cc2cc(F)c(F)c(F)c2)C(=O)N(C)[C@@H](Cc2ccc(O)cc2)C(=O)N1C. The van der Waals surface area contributed by atoms with Gasteiger partial charge in [0.15, 0.2) is 17.5 Å². The van der Waals surface area contributed by atoms with Crippen LogP contribution in [0.2, 0.25) is 0 Å². The molecule has 0 bridgehead atoms. The number of para-hydroxylation sites is 1. The first-order chi connectivity index (χ1) is 64.1. The first-order valence-corrected chi connectivity index (χ1v) is 45.5. The lowest BCUT2D eigenvalue weighted by molar-refractivity contribution is -0.152. The van der Waals surface area contributed by atoms with Crippen molar-refractivity contribution in [1.29, 1.82) is 0 Å². The summed E-state index contributed by atoms with van der Waals surface area (Å²) in [5, 5.41) is 65.1. The van der Waals surface area contributed by atoms with Gasteiger partial charge in [-0.25, -0.2) is 13.2 Å². The van der Waals surface area contributed by atoms with Crippen LogP contribution in [0.1, 0.15) is 120 Å². The number of carbonyl (C=O) groups excluding carboxylic acids is 15. The zero-order valence-electron chi connectivity index (χ0n) is 76.0. The first-order valence-electron chi connectivity index (χ1n) is 44.4. The number of likely N-dealkylation sites (N-methyl/N-ethyl adjacent to an activating group) is 3. The fourth-order valence-electron chi connectivity index (χ4n) is 16.3. The Balaban J connectivity index is 1.14. The van der Waals surface area contributed by atoms with Crippen molar-refractivity contribution in [1.82, 2.24) is 77.3 Å². The molecule has 3 fully saturated rings. The molecule has 0 spiro atoms. The van der Waals surface area contributed by atoms with Gasteiger partial charge in [-0.05, 0) is 114 Å². The van der Waals surface area contributed by atoms with E-state index >= 15 is 56.7 Å². The van der Waals surface area contributed by atoms with Crippen molar-refractivity contribution >= 4 is 123 Å². The number of aromatic hydroxyl groups is 2. The van der Waals surface area contributed by atoms with Crippen LogP contribution in [0.25, 0.3) is 10.9 Å². The molecule has 13 atom stereocenters. The number of nitrogens with two attached hydrogens (primary N) is 1. The highest BCUT2D eigenvalue weighted by Gasteiger charge is 2.47. The number of aliphatic carboxylic acids is 2. The summed E-state index contributed by atoms with van der Waals surface area (Å²) in [6.45, 7) is 6.07. The molecule has 728 valence electrons. The van der Waals surface area contributed by atoms with Crippen molar-refractivity contribution in [2.75, 3.05) is 65.5 Å². The van der Waals surface area contributed by atoms with Gasteiger partial charge >= 0.3 is 11.9 Å². The van der Waals surface area contributed by atoms with E-state index in [-0.39, 0.29) is 76.1 Å². The molecule has 0 aliphatic carbocycles. The second-order valence-electron chi connectivity index (χ2n) is 34.5. The summed E-state index contributed by atoms with van der Waals surface area (Å²) in [5.41, 5.74) is 7.13. The molecular formula is C93H117F3N16O22S. The van der Waals surface area contributed by atoms with Crippen molar-refractivity contribution in [3.05, 3.63) is 167 Å². The second kappa shape index (κ2) is 49.4. The third-order valence-electron chi connectivity index (χ3n) is 23.6. The van der Waals surface area contributed by atoms with Gasteiger partial charge in [-0.15, -0.1) is 11.8 Å². The summed E-state index contributed by atoms with van der Waals surface area (Å²) in [6, 6.07) is 4.96. The van der Waals surface area contributed by atoms with Gasteiger partial charge < -0.3 is 108 Å². The average molecular weight is 1900 g/mol. The number of hydrogen-bond donors (Lipinski definition) is 15. The number of morpholine rings is 1. The molecule has 0 unspecified atom stereocenters. The number of amides is 15. The molecule has 3 aliphatic rings. The highest BCUT2D eigenvalue weighted by Crippen LogP contribution is 2.28. The van der Waals surface area contributed by atoms with E-state index < -0.39 is 277 Å². The molecule has 42 heteroatoms. The van der Waals surface area contributed by atoms with Gasteiger partial charge in [-0.1, -0.05) is 120 Å². The lowest BCUT2D eigenvalue weighted by Gasteiger charge is -2.38. The van der Waals surface area contributed by atoms with E-state index in [1.165, 1.54) is 76.5 Å². The van der Waals surface area contributed by atoms with Gasteiger partial charge in [0.25, 0.3) is 0 Å². The Kier molecular flexibility index (Phi) is 38.4. The minimum absolute atomic E-state index is 0.0818. The first kappa shape index (κ1) is 105. The van der Waals surface area contributed by atoms with Crippen LogP contribution in [0.15, 0.2) is 121 Å². The zero-order valence-corrected chi connectivity index (χ0v) is 76.9. The molecule has 3 saturated heterocycles. The van der Waals surface area contributed by atoms with E-state index in [2.05, 4.69) is 52.8 Å². The number of aromatic nitrogens is 1. The van der Waals surface area contributed by atoms with E-state index in [9.17, 15) is 58.4 Å². The van der Waals surface area contributed by atoms with Crippen LogP contribution in [-0.4, -0.2) is 294 Å². The topological polar surface area (TPSA) is 547 Å². The van der Waals surface area contributed by atoms with Gasteiger partial charge in [0.05, 0.1) is 31.9 Å². The van der Waals surface area contributed by atoms with Crippen molar-refractivity contribution in [3.8, 4) is 11.5 Å². The number of nitrogens with one attached hydrogen (secondary N) is 10. The third kappa shape index (κ3) is 29.4. The smallest absolute Gasteiger partial charge is 0.305 e. The molecule has 38 nitrogen and oxygen atoms in total. The van der Waals surface area contributed by atoms with Crippen molar-refractivity contribution in [3.63, 3.8) is 0 Å². The molecule has 1 aromatic heterocycles. The molecule has 3 aliphatic heterocycles. The number of halogens is 3. The summed E-state index contributed by atoms with van der Waals surface area (Å²) in [4.78, 5) is 258. The molecule has 5 aromatic carbocycles. The summed E-state index contributed by atoms with van der Waals surface area (Å²) in [6.07, 6.45) is -2.75. The molecule has 0 radical (unpaired) electrons. The fourth-order valence-corrected chi connectivity index (χ4v) is 17.1. The summed E-state index contributed by atoms with van der Waals surface area (Å²) >= 11 is 0.642. The normalized spacial score (nSPS) is 23.5. The molecule has 6 aromatic rings. The van der Waals surface area contributed by atoms with E-state index in [0.29, 0.717) is 63.5 Å². The van der Waals surface area contributed by atoms with E-state index in [1.54, 1.807) is 81.6 Å². The van der Waals surface area contributed by atoms with Crippen LogP contribution in [0, 0.1) is 29.3 Å². The van der Waals surface area contributed by atoms with E-state index in [1.807, 2.05) is 0 Å². The van der Waals surface area contributed by atoms with Crippen LogP contribution in [0.4, 0.5) is 13.2 Å². The number of carbonyl (C=O) groups is 17. The van der Waals surface area contributed by atoms with Crippen molar-refractivity contribution < 1.29 is 120 Å². The number of aromatic amines is 1. The van der Waals surface area contributed by atoms with Crippen LogP contribution in [0.5, 0.6) is 11.5 Å². The van der Waals surface area contributed by atoms with Crippen molar-refractivity contribution in [2.24, 2.45) is 17.6 Å². The largest absolute Gasteiger partial charge is 0.508 e. The number of rotatable bonds is 24. The number of fused-ring (bicyclic) bond motifs is 3. The van der Waals surface area contributed by atoms with Gasteiger partial charge in [-0.2, -0.15) is 0 Å². The van der Waals surface area contributed by atoms with Gasteiger partial charge in [0, 0.05) is 95.6 Å². The maximum atomic E-state index is 15.7. The predicted molar refractivity (Wildman–Crippen MR) is 484 cm³/mol. The van der Waals surface area contributed by atoms with E-state index in [0.717, 1.165) is 31.5 Å². The van der Waals surface area contributed by atoms with Crippen LogP contribution in [-0.2, 0) is 118 Å². The fraction of sp³-hybridized carbons (Fsp3) is 0.473. The predicted octanol–water partition coefficient (Wildman–Crippen LogP) is 1.67. The molecule has 135 heavy (non-hydrogen) atoms. The summed E-state index contributed by atoms with van der Waals surface area (Å²) in [5.74, 6) is -26.9. The second-order valence-corrected chi connectivity index (χ2v) is 35.5. The van der Waals surface area contributed by atoms with Crippen LogP contribution >= 0.6 is 11.8 Å². The highest BCUT2D eigenvalue weighted by atomic mass is 32.2. The zero-order chi connectivity index (χ0) is 98.8. The number of H-pyrrole nitrogens is 1.